The molecule has 108 valence electrons. The maximum absolute atomic E-state index is 12.7. The number of alkyl halides is 6. The first kappa shape index (κ1) is 19.5. The van der Waals surface area contributed by atoms with E-state index in [-0.39, 0.29) is 20.3 Å². The molecule has 0 aliphatic heterocycles. The van der Waals surface area contributed by atoms with Crippen LogP contribution in [0.2, 0.25) is 0 Å². The van der Waals surface area contributed by atoms with Crippen molar-refractivity contribution < 1.29 is 51.4 Å². The van der Waals surface area contributed by atoms with Crippen LogP contribution in [0.3, 0.4) is 0 Å². The van der Waals surface area contributed by atoms with Gasteiger partial charge in [-0.1, -0.05) is 13.0 Å². The Morgan fingerprint density at radius 2 is 1.45 bits per heavy atom. The number of rotatable bonds is 2. The molecule has 0 N–H and O–H groups in total. The van der Waals surface area contributed by atoms with E-state index in [1.54, 1.807) is 0 Å². The zero-order valence-electron chi connectivity index (χ0n) is 11.6. The van der Waals surface area contributed by atoms with Crippen molar-refractivity contribution in [1.29, 1.82) is 0 Å². The third-order valence-electron chi connectivity index (χ3n) is 2.34. The minimum atomic E-state index is -5.02. The summed E-state index contributed by atoms with van der Waals surface area (Å²) < 4.78 is 76.3. The summed E-state index contributed by atoms with van der Waals surface area (Å²) >= 11 is 0. The molecule has 0 fully saturated rings. The van der Waals surface area contributed by atoms with Crippen molar-refractivity contribution in [3.63, 3.8) is 0 Å². The average molecular weight is 310 g/mol. The van der Waals surface area contributed by atoms with E-state index in [4.69, 9.17) is 0 Å². The fourth-order valence-corrected chi connectivity index (χ4v) is 1.68. The van der Waals surface area contributed by atoms with Crippen LogP contribution >= 0.6 is 9.24 Å². The smallest absolute Gasteiger partial charge is 1.00 e. The molecule has 0 aromatic heterocycles. The minimum Gasteiger partial charge on any atom is -1.00 e. The van der Waals surface area contributed by atoms with Gasteiger partial charge in [-0.2, -0.15) is 26.3 Å². The topological polar surface area (TPSA) is 17.1 Å². The quantitative estimate of drug-likeness (QED) is 0.348. The van der Waals surface area contributed by atoms with Gasteiger partial charge in [0.2, 0.25) is 0 Å². The standard InChI is InChI=1S/C11H9F6OP.Li.H/c1-5(19)9(18)8-6(10(12,13)14)3-2-4-7(8)11(15,16)17;;/h2-5H,19H2,1H3;;/q;+1;-1. The van der Waals surface area contributed by atoms with Crippen LogP contribution in [-0.4, -0.2) is 11.4 Å². The van der Waals surface area contributed by atoms with E-state index >= 15 is 0 Å². The molecular weight excluding hydrogens is 300 g/mol. The molecule has 1 aromatic carbocycles. The number of halogens is 6. The van der Waals surface area contributed by atoms with Crippen LogP contribution in [0.5, 0.6) is 0 Å². The number of Topliss-reactive ketones (excluding diaryl/α,β-unsaturated/α-hetero) is 1. The monoisotopic (exact) mass is 310 g/mol. The molecule has 20 heavy (non-hydrogen) atoms. The van der Waals surface area contributed by atoms with Crippen molar-refractivity contribution in [2.75, 3.05) is 0 Å². The zero-order valence-corrected chi connectivity index (χ0v) is 11.7. The third kappa shape index (κ3) is 4.24. The van der Waals surface area contributed by atoms with Gasteiger partial charge in [-0.15, -0.1) is 9.24 Å². The van der Waals surface area contributed by atoms with Gasteiger partial charge >= 0.3 is 31.2 Å². The van der Waals surface area contributed by atoms with Gasteiger partial charge in [0.15, 0.2) is 5.78 Å². The first-order valence-electron chi connectivity index (χ1n) is 5.03. The maximum atomic E-state index is 12.7. The van der Waals surface area contributed by atoms with Crippen molar-refractivity contribution >= 4 is 15.0 Å². The summed E-state index contributed by atoms with van der Waals surface area (Å²) in [6, 6.07) is 1.57. The Bertz CT molecular complexity index is 468. The average Bonchev–Trinajstić information content (AvgIpc) is 2.24. The van der Waals surface area contributed by atoms with Crippen LogP contribution in [0.1, 0.15) is 29.8 Å². The second-order valence-corrected chi connectivity index (χ2v) is 4.88. The van der Waals surface area contributed by atoms with Crippen LogP contribution < -0.4 is 18.9 Å². The summed E-state index contributed by atoms with van der Waals surface area (Å²) in [4.78, 5) is 11.7. The fourth-order valence-electron chi connectivity index (χ4n) is 1.52. The number of hydrogen-bond donors (Lipinski definition) is 0. The molecule has 1 aromatic rings. The largest absolute Gasteiger partial charge is 1.00 e. The predicted octanol–water partition coefficient (Wildman–Crippen LogP) is 1.29. The molecule has 9 heteroatoms. The van der Waals surface area contributed by atoms with E-state index in [0.717, 1.165) is 0 Å². The SMILES string of the molecule is CC(P)C(=O)c1c(C(F)(F)F)cccc1C(F)(F)F.[H-].[Li+]. The second kappa shape index (κ2) is 6.51. The van der Waals surface area contributed by atoms with Crippen molar-refractivity contribution in [2.45, 2.75) is 24.9 Å². The van der Waals surface area contributed by atoms with E-state index in [2.05, 4.69) is 0 Å². The molecule has 0 bridgehead atoms. The van der Waals surface area contributed by atoms with E-state index < -0.39 is 40.5 Å². The molecule has 0 saturated carbocycles. The summed E-state index contributed by atoms with van der Waals surface area (Å²) in [6.07, 6.45) is -10.0. The van der Waals surface area contributed by atoms with E-state index in [9.17, 15) is 31.1 Å². The normalized spacial score (nSPS) is 13.6. The van der Waals surface area contributed by atoms with Gasteiger partial charge in [0.1, 0.15) is 0 Å². The summed E-state index contributed by atoms with van der Waals surface area (Å²) in [5, 5.41) is 0. The number of ketones is 1. The van der Waals surface area contributed by atoms with Crippen LogP contribution in [0, 0.1) is 0 Å². The Balaban J connectivity index is 0. The Labute approximate surface area is 127 Å². The molecule has 0 aliphatic rings. The van der Waals surface area contributed by atoms with Crippen LogP contribution in [0.4, 0.5) is 26.3 Å². The van der Waals surface area contributed by atoms with Gasteiger partial charge < -0.3 is 1.43 Å². The Morgan fingerprint density at radius 1 is 1.10 bits per heavy atom. The Morgan fingerprint density at radius 3 is 1.70 bits per heavy atom. The fraction of sp³-hybridized carbons (Fsp3) is 0.364. The predicted molar refractivity (Wildman–Crippen MR) is 61.1 cm³/mol. The summed E-state index contributed by atoms with van der Waals surface area (Å²) in [7, 11) is 1.89. The van der Waals surface area contributed by atoms with Gasteiger partial charge in [0.05, 0.1) is 11.1 Å². The molecular formula is C11H10F6LiOP. The molecule has 0 spiro atoms. The Kier molecular flexibility index (Phi) is 6.35. The van der Waals surface area contributed by atoms with Crippen molar-refractivity contribution in [3.05, 3.63) is 34.9 Å². The number of carbonyl (C=O) groups is 1. The first-order chi connectivity index (χ1) is 8.46. The summed E-state index contributed by atoms with van der Waals surface area (Å²) in [5.74, 6) is -1.22. The molecule has 2 atom stereocenters. The number of hydrogen-bond acceptors (Lipinski definition) is 1. The molecule has 0 heterocycles. The van der Waals surface area contributed by atoms with E-state index in [1.807, 2.05) is 9.24 Å². The van der Waals surface area contributed by atoms with Crippen LogP contribution in [-0.2, 0) is 12.4 Å². The summed E-state index contributed by atoms with van der Waals surface area (Å²) in [6.45, 7) is 1.21. The van der Waals surface area contributed by atoms with Crippen molar-refractivity contribution in [1.82, 2.24) is 0 Å². The first-order valence-corrected chi connectivity index (χ1v) is 5.70. The number of carbonyl (C=O) groups excluding carboxylic acids is 1. The van der Waals surface area contributed by atoms with Crippen molar-refractivity contribution in [3.8, 4) is 0 Å². The molecule has 0 radical (unpaired) electrons. The van der Waals surface area contributed by atoms with Crippen LogP contribution in [0.25, 0.3) is 0 Å². The van der Waals surface area contributed by atoms with Gasteiger partial charge in [0.25, 0.3) is 0 Å². The van der Waals surface area contributed by atoms with Crippen LogP contribution in [0.15, 0.2) is 18.2 Å². The Hall–Kier alpha value is -0.503. The summed E-state index contributed by atoms with van der Waals surface area (Å²) in [5.41, 5.74) is -5.52. The molecule has 1 rings (SSSR count). The maximum Gasteiger partial charge on any atom is 1.00 e. The molecule has 0 amide bonds. The van der Waals surface area contributed by atoms with Gasteiger partial charge in [-0.3, -0.25) is 4.79 Å². The van der Waals surface area contributed by atoms with E-state index in [0.29, 0.717) is 18.2 Å². The minimum absolute atomic E-state index is 0. The zero-order chi connectivity index (χ0) is 15.0. The van der Waals surface area contributed by atoms with Gasteiger partial charge in [0, 0.05) is 11.2 Å². The van der Waals surface area contributed by atoms with Crippen molar-refractivity contribution in [2.24, 2.45) is 0 Å². The molecule has 0 saturated heterocycles. The molecule has 2 unspecified atom stereocenters. The second-order valence-electron chi connectivity index (χ2n) is 3.88. The molecule has 0 aliphatic carbocycles. The number of benzene rings is 1. The van der Waals surface area contributed by atoms with Gasteiger partial charge in [-0.05, 0) is 12.1 Å². The van der Waals surface area contributed by atoms with Gasteiger partial charge in [-0.25, -0.2) is 0 Å². The molecule has 1 nitrogen and oxygen atoms in total. The van der Waals surface area contributed by atoms with E-state index in [1.165, 1.54) is 6.92 Å². The third-order valence-corrected chi connectivity index (χ3v) is 2.64.